The Balaban J connectivity index is 0.000000249. The predicted octanol–water partition coefficient (Wildman–Crippen LogP) is 1.84. The largest absolute Gasteiger partial charge is 0.316 e. The molecular formula is C12H22N2. The van der Waals surface area contributed by atoms with Crippen LogP contribution in [-0.2, 0) is 0 Å². The van der Waals surface area contributed by atoms with Gasteiger partial charge in [0, 0.05) is 12.6 Å². The van der Waals surface area contributed by atoms with Gasteiger partial charge in [-0.05, 0) is 28.1 Å². The molecule has 2 heteroatoms. The average molecular weight is 194 g/mol. The first-order valence-corrected chi connectivity index (χ1v) is 4.98. The minimum absolute atomic E-state index is 0.602. The summed E-state index contributed by atoms with van der Waals surface area (Å²) in [7, 11) is 6.13. The molecule has 1 unspecified atom stereocenters. The molecule has 1 aromatic carbocycles. The molecule has 0 aliphatic heterocycles. The van der Waals surface area contributed by atoms with Gasteiger partial charge in [-0.2, -0.15) is 0 Å². The van der Waals surface area contributed by atoms with Crippen molar-refractivity contribution in [1.29, 1.82) is 0 Å². The molecule has 0 amide bonds. The molecule has 1 N–H and O–H groups in total. The van der Waals surface area contributed by atoms with E-state index in [1.54, 1.807) is 0 Å². The first-order chi connectivity index (χ1) is 6.66. The standard InChI is InChI=1S/C6H16N2.C6H6/c1-6(7-2)5-8(3)4;1-2-4-6-5-3-1/h6-7H,5H2,1-4H3;1-6H. The van der Waals surface area contributed by atoms with Crippen LogP contribution < -0.4 is 5.32 Å². The maximum atomic E-state index is 3.15. The Morgan fingerprint density at radius 1 is 1.00 bits per heavy atom. The summed E-state index contributed by atoms with van der Waals surface area (Å²) >= 11 is 0. The van der Waals surface area contributed by atoms with Crippen LogP contribution >= 0.6 is 0 Å². The lowest BCUT2D eigenvalue weighted by Gasteiger charge is -2.15. The zero-order valence-corrected chi connectivity index (χ0v) is 9.70. The average Bonchev–Trinajstić information content (AvgIpc) is 2.20. The normalized spacial score (nSPS) is 11.8. The quantitative estimate of drug-likeness (QED) is 0.790. The minimum Gasteiger partial charge on any atom is -0.316 e. The van der Waals surface area contributed by atoms with Gasteiger partial charge in [-0.3, -0.25) is 0 Å². The summed E-state index contributed by atoms with van der Waals surface area (Å²) in [5.74, 6) is 0. The van der Waals surface area contributed by atoms with E-state index in [1.165, 1.54) is 0 Å². The van der Waals surface area contributed by atoms with Crippen LogP contribution in [0.25, 0.3) is 0 Å². The Kier molecular flexibility index (Phi) is 8.19. The number of benzene rings is 1. The fourth-order valence-electron chi connectivity index (χ4n) is 1.02. The van der Waals surface area contributed by atoms with Crippen LogP contribution in [-0.4, -0.2) is 38.6 Å². The molecule has 14 heavy (non-hydrogen) atoms. The number of likely N-dealkylation sites (N-methyl/N-ethyl adjacent to an activating group) is 2. The second-order valence-electron chi connectivity index (χ2n) is 3.61. The van der Waals surface area contributed by atoms with E-state index in [4.69, 9.17) is 0 Å². The SMILES string of the molecule is CNC(C)CN(C)C.c1ccccc1. The summed E-state index contributed by atoms with van der Waals surface area (Å²) < 4.78 is 0. The monoisotopic (exact) mass is 194 g/mol. The molecule has 2 nitrogen and oxygen atoms in total. The van der Waals surface area contributed by atoms with E-state index in [-0.39, 0.29) is 0 Å². The highest BCUT2D eigenvalue weighted by molar-refractivity contribution is 4.99. The molecule has 0 saturated heterocycles. The Hall–Kier alpha value is -0.860. The van der Waals surface area contributed by atoms with Crippen molar-refractivity contribution >= 4 is 0 Å². The Labute approximate surface area is 87.9 Å². The molecule has 0 aliphatic rings. The van der Waals surface area contributed by atoms with Crippen molar-refractivity contribution in [2.75, 3.05) is 27.7 Å². The van der Waals surface area contributed by atoms with Gasteiger partial charge in [-0.1, -0.05) is 36.4 Å². The van der Waals surface area contributed by atoms with Crippen LogP contribution in [0.5, 0.6) is 0 Å². The van der Waals surface area contributed by atoms with Gasteiger partial charge in [0.05, 0.1) is 0 Å². The van der Waals surface area contributed by atoms with Crippen molar-refractivity contribution < 1.29 is 0 Å². The lowest BCUT2D eigenvalue weighted by atomic mass is 10.3. The summed E-state index contributed by atoms with van der Waals surface area (Å²) in [6.07, 6.45) is 0. The Morgan fingerprint density at radius 3 is 1.50 bits per heavy atom. The predicted molar refractivity (Wildman–Crippen MR) is 63.5 cm³/mol. The maximum absolute atomic E-state index is 3.15. The molecule has 0 bridgehead atoms. The first kappa shape index (κ1) is 13.1. The van der Waals surface area contributed by atoms with Crippen LogP contribution in [0.3, 0.4) is 0 Å². The molecule has 0 aromatic heterocycles. The summed E-state index contributed by atoms with van der Waals surface area (Å²) in [4.78, 5) is 2.17. The van der Waals surface area contributed by atoms with E-state index >= 15 is 0 Å². The van der Waals surface area contributed by atoms with Crippen LogP contribution in [0, 0.1) is 0 Å². The Bertz CT molecular complexity index is 170. The van der Waals surface area contributed by atoms with Crippen molar-refractivity contribution in [2.24, 2.45) is 0 Å². The fraction of sp³-hybridized carbons (Fsp3) is 0.500. The highest BCUT2D eigenvalue weighted by atomic mass is 15.1. The molecule has 1 rings (SSSR count). The fourth-order valence-corrected chi connectivity index (χ4v) is 1.02. The Morgan fingerprint density at radius 2 is 1.36 bits per heavy atom. The van der Waals surface area contributed by atoms with E-state index in [0.717, 1.165) is 6.54 Å². The molecule has 0 spiro atoms. The third kappa shape index (κ3) is 9.23. The molecule has 0 heterocycles. The highest BCUT2D eigenvalue weighted by Crippen LogP contribution is 1.81. The summed E-state index contributed by atoms with van der Waals surface area (Å²) in [6, 6.07) is 12.6. The number of hydrogen-bond acceptors (Lipinski definition) is 2. The van der Waals surface area contributed by atoms with E-state index in [2.05, 4.69) is 31.2 Å². The van der Waals surface area contributed by atoms with Gasteiger partial charge in [0.15, 0.2) is 0 Å². The van der Waals surface area contributed by atoms with Crippen molar-refractivity contribution in [3.05, 3.63) is 36.4 Å². The van der Waals surface area contributed by atoms with Crippen molar-refractivity contribution in [2.45, 2.75) is 13.0 Å². The van der Waals surface area contributed by atoms with Crippen LogP contribution in [0.4, 0.5) is 0 Å². The van der Waals surface area contributed by atoms with Gasteiger partial charge >= 0.3 is 0 Å². The third-order valence-electron chi connectivity index (χ3n) is 1.80. The molecular weight excluding hydrogens is 172 g/mol. The molecule has 1 aromatic rings. The van der Waals surface area contributed by atoms with Gasteiger partial charge < -0.3 is 10.2 Å². The summed E-state index contributed by atoms with van der Waals surface area (Å²) in [5, 5.41) is 3.15. The molecule has 0 fully saturated rings. The molecule has 0 radical (unpaired) electrons. The third-order valence-corrected chi connectivity index (χ3v) is 1.80. The zero-order chi connectivity index (χ0) is 10.8. The van der Waals surface area contributed by atoms with E-state index in [9.17, 15) is 0 Å². The summed E-state index contributed by atoms with van der Waals surface area (Å²) in [6.45, 7) is 3.27. The number of nitrogens with one attached hydrogen (secondary N) is 1. The van der Waals surface area contributed by atoms with Crippen molar-refractivity contribution in [1.82, 2.24) is 10.2 Å². The molecule has 80 valence electrons. The van der Waals surface area contributed by atoms with Gasteiger partial charge in [0.1, 0.15) is 0 Å². The van der Waals surface area contributed by atoms with Crippen LogP contribution in [0.2, 0.25) is 0 Å². The van der Waals surface area contributed by atoms with Crippen LogP contribution in [0.1, 0.15) is 6.92 Å². The second-order valence-corrected chi connectivity index (χ2v) is 3.61. The van der Waals surface area contributed by atoms with Gasteiger partial charge in [-0.15, -0.1) is 0 Å². The lowest BCUT2D eigenvalue weighted by molar-refractivity contribution is 0.360. The van der Waals surface area contributed by atoms with E-state index < -0.39 is 0 Å². The highest BCUT2D eigenvalue weighted by Gasteiger charge is 1.96. The molecule has 0 aliphatic carbocycles. The van der Waals surface area contributed by atoms with Crippen LogP contribution in [0.15, 0.2) is 36.4 Å². The van der Waals surface area contributed by atoms with E-state index in [0.29, 0.717) is 6.04 Å². The zero-order valence-electron chi connectivity index (χ0n) is 9.70. The van der Waals surface area contributed by atoms with Gasteiger partial charge in [0.2, 0.25) is 0 Å². The first-order valence-electron chi connectivity index (χ1n) is 4.98. The number of rotatable bonds is 3. The molecule has 1 atom stereocenters. The number of hydrogen-bond donors (Lipinski definition) is 1. The summed E-state index contributed by atoms with van der Waals surface area (Å²) in [5.41, 5.74) is 0. The molecule has 0 saturated carbocycles. The van der Waals surface area contributed by atoms with E-state index in [1.807, 2.05) is 43.4 Å². The smallest absolute Gasteiger partial charge is 0.0163 e. The minimum atomic E-state index is 0.602. The maximum Gasteiger partial charge on any atom is 0.0163 e. The lowest BCUT2D eigenvalue weighted by Crippen LogP contribution is -2.33. The van der Waals surface area contributed by atoms with Gasteiger partial charge in [-0.25, -0.2) is 0 Å². The van der Waals surface area contributed by atoms with Gasteiger partial charge in [0.25, 0.3) is 0 Å². The topological polar surface area (TPSA) is 15.3 Å². The second kappa shape index (κ2) is 8.73. The number of nitrogens with zero attached hydrogens (tertiary/aromatic N) is 1. The van der Waals surface area contributed by atoms with Crippen molar-refractivity contribution in [3.8, 4) is 0 Å². The van der Waals surface area contributed by atoms with Crippen molar-refractivity contribution in [3.63, 3.8) is 0 Å².